The number of amides is 2. The van der Waals surface area contributed by atoms with Crippen LogP contribution < -0.4 is 10.6 Å². The van der Waals surface area contributed by atoms with Gasteiger partial charge in [0.25, 0.3) is 0 Å². The van der Waals surface area contributed by atoms with Crippen molar-refractivity contribution >= 4 is 11.8 Å². The van der Waals surface area contributed by atoms with E-state index >= 15 is 0 Å². The lowest BCUT2D eigenvalue weighted by Gasteiger charge is -2.28. The first-order valence-electron chi connectivity index (χ1n) is 17.3. The number of aliphatic hydroxyl groups excluding tert-OH is 2. The van der Waals surface area contributed by atoms with E-state index in [0.29, 0.717) is 19.6 Å². The summed E-state index contributed by atoms with van der Waals surface area (Å²) in [4.78, 5) is 29.3. The van der Waals surface area contributed by atoms with Gasteiger partial charge < -0.3 is 25.7 Å². The Labute approximate surface area is 253 Å². The number of hydrogen-bond donors (Lipinski definition) is 4. The highest BCUT2D eigenvalue weighted by atomic mass is 16.3. The number of rotatable bonds is 30. The van der Waals surface area contributed by atoms with E-state index in [1.807, 2.05) is 4.90 Å². The van der Waals surface area contributed by atoms with Gasteiger partial charge in [0, 0.05) is 26.2 Å². The minimum absolute atomic E-state index is 0.101. The minimum atomic E-state index is -1.19. The summed E-state index contributed by atoms with van der Waals surface area (Å²) in [5, 5.41) is 26.9. The van der Waals surface area contributed by atoms with E-state index in [2.05, 4.69) is 43.2 Å². The molecule has 0 aromatic carbocycles. The summed E-state index contributed by atoms with van der Waals surface area (Å²) in [5.74, 6) is -0.759. The second kappa shape index (κ2) is 28.9. The van der Waals surface area contributed by atoms with Gasteiger partial charge in [-0.25, -0.2) is 0 Å². The van der Waals surface area contributed by atoms with Gasteiger partial charge >= 0.3 is 0 Å². The number of aliphatic hydroxyl groups is 2. The Balaban J connectivity index is 4.50. The van der Waals surface area contributed by atoms with Gasteiger partial charge in [-0.3, -0.25) is 14.5 Å². The first-order valence-corrected chi connectivity index (χ1v) is 17.3. The summed E-state index contributed by atoms with van der Waals surface area (Å²) < 4.78 is 0. The van der Waals surface area contributed by atoms with E-state index in [0.717, 1.165) is 51.7 Å². The molecule has 2 amide bonds. The van der Waals surface area contributed by atoms with Crippen LogP contribution in [0.2, 0.25) is 0 Å². The molecular formula is C33H68N4O4. The molecule has 2 atom stereocenters. The average molecular weight is 585 g/mol. The van der Waals surface area contributed by atoms with Gasteiger partial charge in [-0.2, -0.15) is 0 Å². The Morgan fingerprint density at radius 2 is 0.854 bits per heavy atom. The van der Waals surface area contributed by atoms with Gasteiger partial charge in [0.15, 0.2) is 0 Å². The normalized spacial score (nSPS) is 13.1. The Kier molecular flexibility index (Phi) is 28.0. The number of carbonyl (C=O) groups excluding carboxylic acids is 2. The molecule has 0 saturated carbocycles. The molecule has 0 rings (SSSR count). The van der Waals surface area contributed by atoms with Crippen LogP contribution in [0.15, 0.2) is 0 Å². The largest absolute Gasteiger partial charge is 0.382 e. The molecule has 0 spiro atoms. The zero-order chi connectivity index (χ0) is 30.6. The molecule has 0 aliphatic rings. The zero-order valence-corrected chi connectivity index (χ0v) is 27.4. The van der Waals surface area contributed by atoms with Gasteiger partial charge in [-0.05, 0) is 45.4 Å². The molecule has 4 N–H and O–H groups in total. The highest BCUT2D eigenvalue weighted by molar-refractivity contribution is 5.81. The Morgan fingerprint density at radius 1 is 0.512 bits per heavy atom. The Hall–Kier alpha value is -1.22. The molecule has 0 aromatic heterocycles. The third-order valence-electron chi connectivity index (χ3n) is 7.97. The molecule has 41 heavy (non-hydrogen) atoms. The van der Waals surface area contributed by atoms with Crippen molar-refractivity contribution in [3.63, 3.8) is 0 Å². The van der Waals surface area contributed by atoms with Crippen LogP contribution in [0.5, 0.6) is 0 Å². The molecule has 0 aliphatic heterocycles. The van der Waals surface area contributed by atoms with Gasteiger partial charge in [0.05, 0.1) is 0 Å². The van der Waals surface area contributed by atoms with Crippen molar-refractivity contribution in [3.05, 3.63) is 0 Å². The van der Waals surface area contributed by atoms with Crippen LogP contribution in [0.3, 0.4) is 0 Å². The molecule has 0 heterocycles. The summed E-state index contributed by atoms with van der Waals surface area (Å²) in [6.07, 6.45) is 17.6. The lowest BCUT2D eigenvalue weighted by atomic mass is 10.1. The monoisotopic (exact) mass is 585 g/mol. The molecular weight excluding hydrogens is 516 g/mol. The smallest absolute Gasteiger partial charge is 0.250 e. The molecule has 8 nitrogen and oxygen atoms in total. The average Bonchev–Trinajstić information content (AvgIpc) is 2.97. The topological polar surface area (TPSA) is 105 Å². The molecule has 0 bridgehead atoms. The number of hydrogen-bond acceptors (Lipinski definition) is 6. The number of carbonyl (C=O) groups is 2. The summed E-state index contributed by atoms with van der Waals surface area (Å²) >= 11 is 0. The predicted octanol–water partition coefficient (Wildman–Crippen LogP) is 5.26. The van der Waals surface area contributed by atoms with E-state index in [1.165, 1.54) is 77.0 Å². The summed E-state index contributed by atoms with van der Waals surface area (Å²) in [6.45, 7) is 13.5. The standard InChI is InChI=1S/C33H68N4O4/c1-5-9-11-13-15-17-19-21-24-34-32(40)30(38)28-37(27-23-26-36(7-3)8-4)29-31(39)33(41)35-25-22-20-18-16-14-12-10-6-2/h30-31,38-39H,5-29H2,1-4H3,(H,34,40)(H,35,41). The minimum Gasteiger partial charge on any atom is -0.382 e. The van der Waals surface area contributed by atoms with Crippen molar-refractivity contribution in [3.8, 4) is 0 Å². The number of nitrogens with one attached hydrogen (secondary N) is 2. The van der Waals surface area contributed by atoms with Crippen molar-refractivity contribution in [2.24, 2.45) is 0 Å². The van der Waals surface area contributed by atoms with Crippen LogP contribution in [-0.4, -0.2) is 96.4 Å². The van der Waals surface area contributed by atoms with E-state index in [-0.39, 0.29) is 24.9 Å². The van der Waals surface area contributed by atoms with E-state index in [1.54, 1.807) is 0 Å². The molecule has 244 valence electrons. The second-order valence-electron chi connectivity index (χ2n) is 11.7. The molecule has 2 unspecified atom stereocenters. The molecule has 0 radical (unpaired) electrons. The Morgan fingerprint density at radius 3 is 1.22 bits per heavy atom. The zero-order valence-electron chi connectivity index (χ0n) is 27.4. The molecule has 0 saturated heterocycles. The quantitative estimate of drug-likeness (QED) is 0.0859. The molecule has 0 aromatic rings. The van der Waals surface area contributed by atoms with Crippen LogP contribution >= 0.6 is 0 Å². The van der Waals surface area contributed by atoms with Gasteiger partial charge in [0.1, 0.15) is 12.2 Å². The van der Waals surface area contributed by atoms with E-state index in [9.17, 15) is 19.8 Å². The number of nitrogens with zero attached hydrogens (tertiary/aromatic N) is 2. The lowest BCUT2D eigenvalue weighted by molar-refractivity contribution is -0.132. The molecule has 0 fully saturated rings. The third-order valence-corrected chi connectivity index (χ3v) is 7.97. The van der Waals surface area contributed by atoms with Crippen LogP contribution in [-0.2, 0) is 9.59 Å². The van der Waals surface area contributed by atoms with Gasteiger partial charge in [-0.1, -0.05) is 118 Å². The highest BCUT2D eigenvalue weighted by Crippen LogP contribution is 2.09. The first kappa shape index (κ1) is 39.8. The van der Waals surface area contributed by atoms with Gasteiger partial charge in [0.2, 0.25) is 11.8 Å². The van der Waals surface area contributed by atoms with Crippen molar-refractivity contribution < 1.29 is 19.8 Å². The van der Waals surface area contributed by atoms with Crippen molar-refractivity contribution in [1.29, 1.82) is 0 Å². The first-order chi connectivity index (χ1) is 19.9. The summed E-state index contributed by atoms with van der Waals surface area (Å²) in [7, 11) is 0. The van der Waals surface area contributed by atoms with E-state index in [4.69, 9.17) is 0 Å². The van der Waals surface area contributed by atoms with Crippen LogP contribution in [0.25, 0.3) is 0 Å². The lowest BCUT2D eigenvalue weighted by Crippen LogP contribution is -2.48. The number of unbranched alkanes of at least 4 members (excludes halogenated alkanes) is 14. The van der Waals surface area contributed by atoms with Crippen molar-refractivity contribution in [2.75, 3.05) is 52.4 Å². The predicted molar refractivity (Wildman–Crippen MR) is 172 cm³/mol. The van der Waals surface area contributed by atoms with Crippen LogP contribution in [0.1, 0.15) is 137 Å². The van der Waals surface area contributed by atoms with Crippen LogP contribution in [0, 0.1) is 0 Å². The van der Waals surface area contributed by atoms with Crippen molar-refractivity contribution in [1.82, 2.24) is 20.4 Å². The molecule has 8 heteroatoms. The third kappa shape index (κ3) is 24.0. The summed E-state index contributed by atoms with van der Waals surface area (Å²) in [6, 6.07) is 0. The maximum atomic E-state index is 12.5. The SMILES string of the molecule is CCCCCCCCCCNC(=O)C(O)CN(CCCN(CC)CC)CC(O)C(=O)NCCCCCCCCCC. The fraction of sp³-hybridized carbons (Fsp3) is 0.939. The van der Waals surface area contributed by atoms with E-state index < -0.39 is 12.2 Å². The second-order valence-corrected chi connectivity index (χ2v) is 11.7. The maximum Gasteiger partial charge on any atom is 0.250 e. The Bertz CT molecular complexity index is 562. The fourth-order valence-electron chi connectivity index (χ4n) is 5.15. The maximum absolute atomic E-state index is 12.5. The van der Waals surface area contributed by atoms with Crippen molar-refractivity contribution in [2.45, 2.75) is 149 Å². The highest BCUT2D eigenvalue weighted by Gasteiger charge is 2.23. The summed E-state index contributed by atoms with van der Waals surface area (Å²) in [5.41, 5.74) is 0. The fourth-order valence-corrected chi connectivity index (χ4v) is 5.15. The van der Waals surface area contributed by atoms with Crippen LogP contribution in [0.4, 0.5) is 0 Å². The van der Waals surface area contributed by atoms with Gasteiger partial charge in [-0.15, -0.1) is 0 Å². The molecule has 0 aliphatic carbocycles.